The Morgan fingerprint density at radius 1 is 1.14 bits per heavy atom. The summed E-state index contributed by atoms with van der Waals surface area (Å²) >= 11 is 12.0. The highest BCUT2D eigenvalue weighted by Crippen LogP contribution is 2.31. The molecule has 1 aliphatic rings. The number of carbonyl (C=O) groups excluding carboxylic acids is 1. The fourth-order valence-electron chi connectivity index (χ4n) is 3.40. The van der Waals surface area contributed by atoms with Crippen molar-refractivity contribution in [3.63, 3.8) is 0 Å². The maximum Gasteiger partial charge on any atom is 0.223 e. The molecule has 0 aliphatic carbocycles. The van der Waals surface area contributed by atoms with Gasteiger partial charge in [0.2, 0.25) is 5.91 Å². The maximum absolute atomic E-state index is 12.6. The number of hydrogen-bond donors (Lipinski definition) is 0. The van der Waals surface area contributed by atoms with E-state index in [0.29, 0.717) is 48.3 Å². The van der Waals surface area contributed by atoms with Crippen LogP contribution >= 0.6 is 23.2 Å². The van der Waals surface area contributed by atoms with Gasteiger partial charge in [-0.3, -0.25) is 4.79 Å². The van der Waals surface area contributed by atoms with E-state index in [0.717, 1.165) is 29.0 Å². The summed E-state index contributed by atoms with van der Waals surface area (Å²) in [6.45, 7) is 1.56. The molecule has 1 aliphatic heterocycles. The minimum absolute atomic E-state index is 0.0921. The fraction of sp³-hybridized carbons (Fsp3) is 0.273. The van der Waals surface area contributed by atoms with Gasteiger partial charge in [-0.15, -0.1) is 0 Å². The molecule has 0 atom stereocenters. The Morgan fingerprint density at radius 2 is 1.93 bits per heavy atom. The van der Waals surface area contributed by atoms with Crippen molar-refractivity contribution in [2.45, 2.75) is 25.8 Å². The van der Waals surface area contributed by atoms with Crippen molar-refractivity contribution in [2.24, 2.45) is 0 Å². The molecule has 0 saturated heterocycles. The summed E-state index contributed by atoms with van der Waals surface area (Å²) in [4.78, 5) is 14.4. The molecule has 0 N–H and O–H groups in total. The highest BCUT2D eigenvalue weighted by molar-refractivity contribution is 6.32. The van der Waals surface area contributed by atoms with Crippen molar-refractivity contribution in [3.05, 3.63) is 69.8 Å². The molecule has 0 fully saturated rings. The number of halogens is 2. The molecule has 150 valence electrons. The molecule has 1 amide bonds. The van der Waals surface area contributed by atoms with Crippen LogP contribution in [-0.4, -0.2) is 29.1 Å². The van der Waals surface area contributed by atoms with Crippen LogP contribution in [0.25, 0.3) is 11.3 Å². The van der Waals surface area contributed by atoms with Gasteiger partial charge in [0.05, 0.1) is 18.2 Å². The Bertz CT molecular complexity index is 1000. The van der Waals surface area contributed by atoms with Crippen LogP contribution in [0.15, 0.2) is 53.1 Å². The summed E-state index contributed by atoms with van der Waals surface area (Å²) in [6.07, 6.45) is 1.77. The maximum atomic E-state index is 12.6. The number of aromatic nitrogens is 1. The quantitative estimate of drug-likeness (QED) is 0.491. The third-order valence-corrected chi connectivity index (χ3v) is 5.49. The van der Waals surface area contributed by atoms with Gasteiger partial charge in [-0.25, -0.2) is 0 Å². The van der Waals surface area contributed by atoms with Gasteiger partial charge >= 0.3 is 0 Å². The van der Waals surface area contributed by atoms with E-state index in [1.807, 2.05) is 47.4 Å². The first-order valence-electron chi connectivity index (χ1n) is 9.50. The molecule has 0 saturated carbocycles. The minimum atomic E-state index is 0.0921. The van der Waals surface area contributed by atoms with Crippen LogP contribution in [0.2, 0.25) is 10.0 Å². The zero-order valence-corrected chi connectivity index (χ0v) is 17.2. The highest BCUT2D eigenvalue weighted by atomic mass is 35.5. The largest absolute Gasteiger partial charge is 0.492 e. The number of fused-ring (bicyclic) bond motifs is 1. The van der Waals surface area contributed by atoms with E-state index in [9.17, 15) is 4.79 Å². The molecule has 2 aromatic carbocycles. The van der Waals surface area contributed by atoms with E-state index >= 15 is 0 Å². The number of nitrogens with zero attached hydrogens (tertiary/aromatic N) is 2. The van der Waals surface area contributed by atoms with Crippen molar-refractivity contribution in [2.75, 3.05) is 13.2 Å². The Hall–Kier alpha value is -2.50. The van der Waals surface area contributed by atoms with Crippen LogP contribution in [-0.2, 0) is 17.8 Å². The van der Waals surface area contributed by atoms with Crippen LogP contribution < -0.4 is 4.74 Å². The summed E-state index contributed by atoms with van der Waals surface area (Å²) in [5, 5.41) is 5.44. The molecule has 1 aromatic heterocycles. The molecule has 0 unspecified atom stereocenters. The van der Waals surface area contributed by atoms with E-state index in [1.54, 1.807) is 6.07 Å². The van der Waals surface area contributed by atoms with Crippen molar-refractivity contribution in [1.29, 1.82) is 0 Å². The SMILES string of the molecule is O=C(CCCOc1ccccc1Cl)N1CCc2c(noc2-c2ccc(Cl)cc2)C1. The zero-order valence-electron chi connectivity index (χ0n) is 15.7. The second kappa shape index (κ2) is 8.89. The second-order valence-electron chi connectivity index (χ2n) is 6.89. The van der Waals surface area contributed by atoms with Gasteiger partial charge in [-0.05, 0) is 49.2 Å². The van der Waals surface area contributed by atoms with Crippen molar-refractivity contribution in [3.8, 4) is 17.1 Å². The third kappa shape index (κ3) is 4.57. The van der Waals surface area contributed by atoms with Crippen molar-refractivity contribution >= 4 is 29.1 Å². The van der Waals surface area contributed by atoms with E-state index in [-0.39, 0.29) is 5.91 Å². The number of ether oxygens (including phenoxy) is 1. The molecule has 0 bridgehead atoms. The number of amides is 1. The average Bonchev–Trinajstić information content (AvgIpc) is 3.16. The first-order valence-corrected chi connectivity index (χ1v) is 10.3. The van der Waals surface area contributed by atoms with Gasteiger partial charge in [0.15, 0.2) is 5.76 Å². The lowest BCUT2D eigenvalue weighted by Gasteiger charge is -2.26. The minimum Gasteiger partial charge on any atom is -0.492 e. The van der Waals surface area contributed by atoms with Gasteiger partial charge < -0.3 is 14.2 Å². The van der Waals surface area contributed by atoms with E-state index in [4.69, 9.17) is 32.5 Å². The molecular formula is C22H20Cl2N2O3. The van der Waals surface area contributed by atoms with Gasteiger partial charge in [0.25, 0.3) is 0 Å². The number of para-hydroxylation sites is 1. The zero-order chi connectivity index (χ0) is 20.2. The third-order valence-electron chi connectivity index (χ3n) is 4.93. The van der Waals surface area contributed by atoms with Crippen molar-refractivity contribution < 1.29 is 14.1 Å². The molecular weight excluding hydrogens is 411 g/mol. The standard InChI is InChI=1S/C22H20Cl2N2O3/c23-16-9-7-15(8-10-16)22-17-11-12-26(14-19(17)25-29-22)21(27)6-3-13-28-20-5-2-1-4-18(20)24/h1-2,4-5,7-10H,3,6,11-14H2. The van der Waals surface area contributed by atoms with Gasteiger partial charge in [-0.1, -0.05) is 40.5 Å². The summed E-state index contributed by atoms with van der Waals surface area (Å²) in [7, 11) is 0. The van der Waals surface area contributed by atoms with E-state index in [2.05, 4.69) is 5.16 Å². The predicted molar refractivity (Wildman–Crippen MR) is 112 cm³/mol. The molecule has 7 heteroatoms. The topological polar surface area (TPSA) is 55.6 Å². The Morgan fingerprint density at radius 3 is 2.72 bits per heavy atom. The Labute approximate surface area is 179 Å². The molecule has 0 radical (unpaired) electrons. The lowest BCUT2D eigenvalue weighted by atomic mass is 10.0. The van der Waals surface area contributed by atoms with E-state index in [1.165, 1.54) is 0 Å². The van der Waals surface area contributed by atoms with Crippen molar-refractivity contribution in [1.82, 2.24) is 10.1 Å². The summed E-state index contributed by atoms with van der Waals surface area (Å²) < 4.78 is 11.2. The number of hydrogen-bond acceptors (Lipinski definition) is 4. The second-order valence-corrected chi connectivity index (χ2v) is 7.74. The predicted octanol–water partition coefficient (Wildman–Crippen LogP) is 5.39. The molecule has 29 heavy (non-hydrogen) atoms. The first-order chi connectivity index (χ1) is 14.1. The number of benzene rings is 2. The lowest BCUT2D eigenvalue weighted by Crippen LogP contribution is -2.36. The van der Waals surface area contributed by atoms with E-state index < -0.39 is 0 Å². The summed E-state index contributed by atoms with van der Waals surface area (Å²) in [6, 6.07) is 14.8. The number of carbonyl (C=O) groups is 1. The normalized spacial score (nSPS) is 13.2. The summed E-state index contributed by atoms with van der Waals surface area (Å²) in [5.41, 5.74) is 2.83. The van der Waals surface area contributed by atoms with Crippen LogP contribution in [0.3, 0.4) is 0 Å². The smallest absolute Gasteiger partial charge is 0.223 e. The Balaban J connectivity index is 1.31. The average molecular weight is 431 g/mol. The number of rotatable bonds is 6. The molecule has 4 rings (SSSR count). The van der Waals surface area contributed by atoms with Crippen LogP contribution in [0, 0.1) is 0 Å². The lowest BCUT2D eigenvalue weighted by molar-refractivity contribution is -0.132. The molecule has 2 heterocycles. The highest BCUT2D eigenvalue weighted by Gasteiger charge is 2.27. The van der Waals surface area contributed by atoms with Crippen LogP contribution in [0.4, 0.5) is 0 Å². The van der Waals surface area contributed by atoms with Crippen LogP contribution in [0.5, 0.6) is 5.75 Å². The molecule has 0 spiro atoms. The van der Waals surface area contributed by atoms with Crippen LogP contribution in [0.1, 0.15) is 24.1 Å². The Kier molecular flexibility index (Phi) is 6.07. The van der Waals surface area contributed by atoms with Gasteiger partial charge in [0.1, 0.15) is 11.4 Å². The summed E-state index contributed by atoms with van der Waals surface area (Å²) in [5.74, 6) is 1.49. The monoisotopic (exact) mass is 430 g/mol. The molecule has 5 nitrogen and oxygen atoms in total. The first kappa shape index (κ1) is 19.8. The van der Waals surface area contributed by atoms with Gasteiger partial charge in [-0.2, -0.15) is 0 Å². The van der Waals surface area contributed by atoms with Gasteiger partial charge in [0, 0.05) is 29.1 Å². The molecule has 3 aromatic rings. The fourth-order valence-corrected chi connectivity index (χ4v) is 3.71.